The van der Waals surface area contributed by atoms with Gasteiger partial charge in [0, 0.05) is 12.7 Å². The van der Waals surface area contributed by atoms with E-state index in [4.69, 9.17) is 0 Å². The van der Waals surface area contributed by atoms with Crippen LogP contribution in [0.15, 0.2) is 42.5 Å². The van der Waals surface area contributed by atoms with E-state index >= 15 is 0 Å². The molecule has 0 radical (unpaired) electrons. The molecule has 0 atom stereocenters. The molecule has 5 nitrogen and oxygen atoms in total. The van der Waals surface area contributed by atoms with Crippen molar-refractivity contribution in [1.82, 2.24) is 0 Å². The van der Waals surface area contributed by atoms with Crippen molar-refractivity contribution >= 4 is 27.3 Å². The van der Waals surface area contributed by atoms with Crippen LogP contribution in [0.4, 0.5) is 11.4 Å². The van der Waals surface area contributed by atoms with E-state index in [9.17, 15) is 13.2 Å². The van der Waals surface area contributed by atoms with E-state index in [2.05, 4.69) is 5.32 Å². The minimum absolute atomic E-state index is 0.305. The highest BCUT2D eigenvalue weighted by Gasteiger charge is 2.19. The predicted molar refractivity (Wildman–Crippen MR) is 93.6 cm³/mol. The van der Waals surface area contributed by atoms with E-state index in [1.807, 2.05) is 32.0 Å². The zero-order valence-electron chi connectivity index (χ0n) is 13.6. The number of carbonyl (C=O) groups is 1. The van der Waals surface area contributed by atoms with E-state index in [1.165, 1.54) is 7.05 Å². The fourth-order valence-corrected chi connectivity index (χ4v) is 2.88. The van der Waals surface area contributed by atoms with Gasteiger partial charge < -0.3 is 5.32 Å². The molecule has 0 aliphatic rings. The summed E-state index contributed by atoms with van der Waals surface area (Å²) in [5, 5.41) is 2.83. The monoisotopic (exact) mass is 332 g/mol. The molecule has 0 aliphatic heterocycles. The normalized spacial score (nSPS) is 11.1. The third kappa shape index (κ3) is 4.10. The van der Waals surface area contributed by atoms with Crippen LogP contribution in [0.25, 0.3) is 0 Å². The maximum absolute atomic E-state index is 12.6. The second-order valence-corrected chi connectivity index (χ2v) is 7.59. The van der Waals surface area contributed by atoms with Crippen molar-refractivity contribution in [3.05, 3.63) is 59.2 Å². The first kappa shape index (κ1) is 17.0. The lowest BCUT2D eigenvalue weighted by molar-refractivity contribution is 0.102. The van der Waals surface area contributed by atoms with Crippen LogP contribution < -0.4 is 9.62 Å². The van der Waals surface area contributed by atoms with Gasteiger partial charge in [0.15, 0.2) is 0 Å². The lowest BCUT2D eigenvalue weighted by Crippen LogP contribution is -2.27. The topological polar surface area (TPSA) is 66.5 Å². The molecule has 0 unspecified atom stereocenters. The molecule has 23 heavy (non-hydrogen) atoms. The summed E-state index contributed by atoms with van der Waals surface area (Å²) in [6, 6.07) is 12.4. The van der Waals surface area contributed by atoms with Crippen molar-refractivity contribution < 1.29 is 13.2 Å². The van der Waals surface area contributed by atoms with Gasteiger partial charge in [0.25, 0.3) is 5.91 Å². The maximum atomic E-state index is 12.6. The third-order valence-electron chi connectivity index (χ3n) is 3.46. The largest absolute Gasteiger partial charge is 0.322 e. The van der Waals surface area contributed by atoms with E-state index < -0.39 is 10.0 Å². The highest BCUT2D eigenvalue weighted by Crippen LogP contribution is 2.23. The van der Waals surface area contributed by atoms with Crippen molar-refractivity contribution in [2.24, 2.45) is 0 Å². The van der Waals surface area contributed by atoms with E-state index in [1.54, 1.807) is 24.3 Å². The van der Waals surface area contributed by atoms with Gasteiger partial charge in [-0.25, -0.2) is 8.42 Å². The molecule has 1 amide bonds. The third-order valence-corrected chi connectivity index (χ3v) is 4.66. The number of nitrogens with one attached hydrogen (secondary N) is 1. The Bertz CT molecular complexity index is 824. The van der Waals surface area contributed by atoms with Crippen molar-refractivity contribution in [3.8, 4) is 0 Å². The number of amides is 1. The smallest absolute Gasteiger partial charge is 0.257 e. The van der Waals surface area contributed by atoms with Crippen molar-refractivity contribution in [2.45, 2.75) is 13.8 Å². The molecule has 2 aromatic carbocycles. The van der Waals surface area contributed by atoms with Crippen LogP contribution in [0.2, 0.25) is 0 Å². The van der Waals surface area contributed by atoms with Crippen LogP contribution in [0.3, 0.4) is 0 Å². The number of hydrogen-bond acceptors (Lipinski definition) is 3. The van der Waals surface area contributed by atoms with Gasteiger partial charge in [-0.15, -0.1) is 0 Å². The SMILES string of the molecule is Cc1cc(C)cc(NC(=O)c2ccccc2N(C)S(C)(=O)=O)c1. The lowest BCUT2D eigenvalue weighted by atomic mass is 10.1. The van der Waals surface area contributed by atoms with Crippen molar-refractivity contribution in [3.63, 3.8) is 0 Å². The van der Waals surface area contributed by atoms with Crippen LogP contribution >= 0.6 is 0 Å². The first-order valence-corrected chi connectivity index (χ1v) is 8.96. The molecular weight excluding hydrogens is 312 g/mol. The maximum Gasteiger partial charge on any atom is 0.257 e. The first-order chi connectivity index (χ1) is 10.7. The highest BCUT2D eigenvalue weighted by molar-refractivity contribution is 7.92. The number of para-hydroxylation sites is 1. The van der Waals surface area contributed by atoms with Crippen LogP contribution in [0.5, 0.6) is 0 Å². The highest BCUT2D eigenvalue weighted by atomic mass is 32.2. The molecule has 0 aliphatic carbocycles. The van der Waals surface area contributed by atoms with Gasteiger partial charge in [-0.2, -0.15) is 0 Å². The summed E-state index contributed by atoms with van der Waals surface area (Å²) in [5.41, 5.74) is 3.42. The van der Waals surface area contributed by atoms with Gasteiger partial charge in [0.2, 0.25) is 10.0 Å². The van der Waals surface area contributed by atoms with E-state index in [0.29, 0.717) is 16.9 Å². The fraction of sp³-hybridized carbons (Fsp3) is 0.235. The van der Waals surface area contributed by atoms with Crippen LogP contribution in [-0.2, 0) is 10.0 Å². The Balaban J connectivity index is 2.37. The van der Waals surface area contributed by atoms with Crippen molar-refractivity contribution in [1.29, 1.82) is 0 Å². The summed E-state index contributed by atoms with van der Waals surface area (Å²) in [6.07, 6.45) is 1.10. The number of anilines is 2. The summed E-state index contributed by atoms with van der Waals surface area (Å²) < 4.78 is 24.6. The van der Waals surface area contributed by atoms with Gasteiger partial charge in [-0.1, -0.05) is 18.2 Å². The Morgan fingerprint density at radius 2 is 1.61 bits per heavy atom. The zero-order chi connectivity index (χ0) is 17.2. The Labute approximate surface area is 137 Å². The van der Waals surface area contributed by atoms with Crippen molar-refractivity contribution in [2.75, 3.05) is 22.9 Å². The molecule has 0 fully saturated rings. The Hall–Kier alpha value is -2.34. The molecule has 1 N–H and O–H groups in total. The molecule has 2 rings (SSSR count). The summed E-state index contributed by atoms with van der Waals surface area (Å²) in [6.45, 7) is 3.90. The van der Waals surface area contributed by atoms with Gasteiger partial charge >= 0.3 is 0 Å². The molecule has 6 heteroatoms. The van der Waals surface area contributed by atoms with Gasteiger partial charge in [-0.3, -0.25) is 9.10 Å². The van der Waals surface area contributed by atoms with Crippen LogP contribution in [0, 0.1) is 13.8 Å². The molecule has 0 bridgehead atoms. The minimum Gasteiger partial charge on any atom is -0.322 e. The quantitative estimate of drug-likeness (QED) is 0.936. The molecule has 0 spiro atoms. The average Bonchev–Trinajstić information content (AvgIpc) is 2.44. The molecule has 2 aromatic rings. The number of sulfonamides is 1. The second kappa shape index (κ2) is 6.42. The molecule has 0 heterocycles. The molecule has 0 saturated carbocycles. The zero-order valence-corrected chi connectivity index (χ0v) is 14.4. The predicted octanol–water partition coefficient (Wildman–Crippen LogP) is 2.95. The number of aryl methyl sites for hydroxylation is 2. The standard InChI is InChI=1S/C17H20N2O3S/c1-12-9-13(2)11-14(10-12)18-17(20)15-7-5-6-8-16(15)19(3)23(4,21)22/h5-11H,1-4H3,(H,18,20). The molecule has 122 valence electrons. The summed E-state index contributed by atoms with van der Waals surface area (Å²) in [5.74, 6) is -0.346. The fourth-order valence-electron chi connectivity index (χ4n) is 2.36. The number of rotatable bonds is 4. The van der Waals surface area contributed by atoms with Gasteiger partial charge in [-0.05, 0) is 49.2 Å². The molecular formula is C17H20N2O3S. The van der Waals surface area contributed by atoms with E-state index in [0.717, 1.165) is 21.7 Å². The number of carbonyl (C=O) groups excluding carboxylic acids is 1. The summed E-state index contributed by atoms with van der Waals surface area (Å²) in [4.78, 5) is 12.6. The van der Waals surface area contributed by atoms with Crippen LogP contribution in [-0.4, -0.2) is 27.6 Å². The number of benzene rings is 2. The number of nitrogens with zero attached hydrogens (tertiary/aromatic N) is 1. The average molecular weight is 332 g/mol. The van der Waals surface area contributed by atoms with Gasteiger partial charge in [0.05, 0.1) is 17.5 Å². The Morgan fingerprint density at radius 3 is 2.17 bits per heavy atom. The van der Waals surface area contributed by atoms with E-state index in [-0.39, 0.29) is 5.91 Å². The Morgan fingerprint density at radius 1 is 1.04 bits per heavy atom. The lowest BCUT2D eigenvalue weighted by Gasteiger charge is -2.20. The second-order valence-electron chi connectivity index (χ2n) is 5.58. The molecule has 0 aromatic heterocycles. The minimum atomic E-state index is -3.44. The Kier molecular flexibility index (Phi) is 4.75. The number of hydrogen-bond donors (Lipinski definition) is 1. The summed E-state index contributed by atoms with van der Waals surface area (Å²) >= 11 is 0. The van der Waals surface area contributed by atoms with Crippen LogP contribution in [0.1, 0.15) is 21.5 Å². The van der Waals surface area contributed by atoms with Gasteiger partial charge in [0.1, 0.15) is 0 Å². The first-order valence-electron chi connectivity index (χ1n) is 7.11. The molecule has 0 saturated heterocycles. The summed E-state index contributed by atoms with van der Waals surface area (Å²) in [7, 11) is -2.02.